The van der Waals surface area contributed by atoms with E-state index in [1.165, 1.54) is 0 Å². The van der Waals surface area contributed by atoms with Crippen LogP contribution >= 0.6 is 11.6 Å². The fourth-order valence-corrected chi connectivity index (χ4v) is 3.70. The Morgan fingerprint density at radius 2 is 1.68 bits per heavy atom. The molecule has 0 unspecified atom stereocenters. The highest BCUT2D eigenvalue weighted by Gasteiger charge is 2.23. The lowest BCUT2D eigenvalue weighted by Crippen LogP contribution is -2.51. The van der Waals surface area contributed by atoms with Crippen LogP contribution in [-0.2, 0) is 16.1 Å². The van der Waals surface area contributed by atoms with E-state index in [0.717, 1.165) is 49.7 Å². The molecule has 0 spiro atoms. The molecule has 4 rings (SSSR count). The first-order valence-electron chi connectivity index (χ1n) is 9.69. The lowest BCUT2D eigenvalue weighted by molar-refractivity contribution is -0.136. The largest absolute Gasteiger partial charge is 0.378 e. The van der Waals surface area contributed by atoms with E-state index >= 15 is 0 Å². The maximum Gasteiger partial charge on any atom is 0.236 e. The van der Waals surface area contributed by atoms with Gasteiger partial charge in [0.05, 0.1) is 26.3 Å². The molecule has 8 heteroatoms. The molecule has 28 heavy (non-hydrogen) atoms. The molecule has 1 aromatic heterocycles. The Morgan fingerprint density at radius 1 is 1.00 bits per heavy atom. The maximum absolute atomic E-state index is 12.4. The lowest BCUT2D eigenvalue weighted by atomic mass is 10.1. The van der Waals surface area contributed by atoms with E-state index in [4.69, 9.17) is 20.9 Å². The zero-order valence-electron chi connectivity index (χ0n) is 15.8. The Morgan fingerprint density at radius 3 is 2.39 bits per heavy atom. The fourth-order valence-electron chi connectivity index (χ4n) is 3.57. The van der Waals surface area contributed by atoms with Crippen molar-refractivity contribution < 1.29 is 14.1 Å². The van der Waals surface area contributed by atoms with Gasteiger partial charge >= 0.3 is 0 Å². The van der Waals surface area contributed by atoms with Crippen molar-refractivity contribution in [3.63, 3.8) is 0 Å². The third-order valence-electron chi connectivity index (χ3n) is 5.27. The van der Waals surface area contributed by atoms with Gasteiger partial charge in [0.15, 0.2) is 5.76 Å². The molecule has 0 bridgehead atoms. The zero-order valence-corrected chi connectivity index (χ0v) is 16.6. The van der Waals surface area contributed by atoms with Crippen LogP contribution in [0.25, 0.3) is 11.3 Å². The SMILES string of the molecule is O=C(CN1CCN(Cc2cc(-c3ccc(Cl)cc3)no2)CC1)N1CCOCC1. The van der Waals surface area contributed by atoms with Crippen LogP contribution in [-0.4, -0.2) is 84.8 Å². The minimum atomic E-state index is 0.208. The number of carbonyl (C=O) groups excluding carboxylic acids is 1. The predicted octanol–water partition coefficient (Wildman–Crippen LogP) is 1.97. The maximum atomic E-state index is 12.4. The van der Waals surface area contributed by atoms with Crippen LogP contribution in [0.5, 0.6) is 0 Å². The van der Waals surface area contributed by atoms with Crippen molar-refractivity contribution in [3.05, 3.63) is 41.1 Å². The average Bonchev–Trinajstić information content (AvgIpc) is 3.19. The number of carbonyl (C=O) groups is 1. The number of ether oxygens (including phenoxy) is 1. The number of halogens is 1. The summed E-state index contributed by atoms with van der Waals surface area (Å²) in [5.74, 6) is 1.06. The third-order valence-corrected chi connectivity index (χ3v) is 5.52. The molecule has 2 saturated heterocycles. The first-order chi connectivity index (χ1) is 13.7. The molecule has 150 valence electrons. The second kappa shape index (κ2) is 9.05. The van der Waals surface area contributed by atoms with Crippen LogP contribution in [0.2, 0.25) is 5.02 Å². The molecule has 1 amide bonds. The summed E-state index contributed by atoms with van der Waals surface area (Å²) >= 11 is 5.94. The van der Waals surface area contributed by atoms with Crippen LogP contribution in [0.4, 0.5) is 0 Å². The van der Waals surface area contributed by atoms with Gasteiger partial charge in [-0.25, -0.2) is 0 Å². The average molecular weight is 405 g/mol. The van der Waals surface area contributed by atoms with Gasteiger partial charge in [-0.3, -0.25) is 14.6 Å². The third kappa shape index (κ3) is 4.91. The first kappa shape index (κ1) is 19.4. The standard InChI is InChI=1S/C20H25ClN4O3/c21-17-3-1-16(2-4-17)19-13-18(28-22-19)14-23-5-7-24(8-6-23)15-20(26)25-9-11-27-12-10-25/h1-4,13H,5-12,14-15H2. The molecular formula is C20H25ClN4O3. The highest BCUT2D eigenvalue weighted by atomic mass is 35.5. The molecule has 3 heterocycles. The van der Waals surface area contributed by atoms with Crippen molar-refractivity contribution in [2.45, 2.75) is 6.54 Å². The van der Waals surface area contributed by atoms with Crippen molar-refractivity contribution in [1.82, 2.24) is 19.9 Å². The molecule has 0 atom stereocenters. The van der Waals surface area contributed by atoms with Gasteiger partial charge in [0.25, 0.3) is 0 Å². The Balaban J connectivity index is 1.24. The first-order valence-corrected chi connectivity index (χ1v) is 10.1. The Bertz CT molecular complexity index is 781. The van der Waals surface area contributed by atoms with E-state index in [0.29, 0.717) is 37.9 Å². The van der Waals surface area contributed by atoms with Crippen molar-refractivity contribution in [2.75, 3.05) is 59.0 Å². The van der Waals surface area contributed by atoms with E-state index in [1.54, 1.807) is 0 Å². The summed E-state index contributed by atoms with van der Waals surface area (Å²) in [6, 6.07) is 9.56. The molecular weight excluding hydrogens is 380 g/mol. The summed E-state index contributed by atoms with van der Waals surface area (Å²) in [6.45, 7) is 7.52. The second-order valence-electron chi connectivity index (χ2n) is 7.23. The number of nitrogens with zero attached hydrogens (tertiary/aromatic N) is 4. The highest BCUT2D eigenvalue weighted by molar-refractivity contribution is 6.30. The number of hydrogen-bond donors (Lipinski definition) is 0. The van der Waals surface area contributed by atoms with Gasteiger partial charge in [0.1, 0.15) is 5.69 Å². The van der Waals surface area contributed by atoms with E-state index < -0.39 is 0 Å². The van der Waals surface area contributed by atoms with Gasteiger partial charge in [0.2, 0.25) is 5.91 Å². The predicted molar refractivity (Wildman–Crippen MR) is 106 cm³/mol. The van der Waals surface area contributed by atoms with Crippen LogP contribution in [0, 0.1) is 0 Å². The molecule has 0 aliphatic carbocycles. The van der Waals surface area contributed by atoms with E-state index in [-0.39, 0.29) is 5.91 Å². The Kier molecular flexibility index (Phi) is 6.26. The monoisotopic (exact) mass is 404 g/mol. The highest BCUT2D eigenvalue weighted by Crippen LogP contribution is 2.22. The molecule has 0 N–H and O–H groups in total. The number of benzene rings is 1. The summed E-state index contributed by atoms with van der Waals surface area (Å²) < 4.78 is 10.8. The van der Waals surface area contributed by atoms with Crippen molar-refractivity contribution in [1.29, 1.82) is 0 Å². The van der Waals surface area contributed by atoms with Gasteiger partial charge in [-0.15, -0.1) is 0 Å². The fraction of sp³-hybridized carbons (Fsp3) is 0.500. The topological polar surface area (TPSA) is 62.1 Å². The van der Waals surface area contributed by atoms with Gasteiger partial charge in [-0.1, -0.05) is 28.9 Å². The zero-order chi connectivity index (χ0) is 19.3. The van der Waals surface area contributed by atoms with Gasteiger partial charge in [-0.05, 0) is 12.1 Å². The number of piperazine rings is 1. The van der Waals surface area contributed by atoms with E-state index in [2.05, 4.69) is 15.0 Å². The van der Waals surface area contributed by atoms with Crippen molar-refractivity contribution >= 4 is 17.5 Å². The molecule has 0 radical (unpaired) electrons. The number of hydrogen-bond acceptors (Lipinski definition) is 6. The molecule has 1 aromatic carbocycles. The van der Waals surface area contributed by atoms with Gasteiger partial charge in [-0.2, -0.15) is 0 Å². The quantitative estimate of drug-likeness (QED) is 0.759. The smallest absolute Gasteiger partial charge is 0.236 e. The van der Waals surface area contributed by atoms with Crippen molar-refractivity contribution in [3.8, 4) is 11.3 Å². The number of aromatic nitrogens is 1. The molecule has 2 aromatic rings. The lowest BCUT2D eigenvalue weighted by Gasteiger charge is -2.35. The normalized spacial score (nSPS) is 19.1. The van der Waals surface area contributed by atoms with Crippen LogP contribution < -0.4 is 0 Å². The summed E-state index contributed by atoms with van der Waals surface area (Å²) in [6.07, 6.45) is 0. The Labute approximate surface area is 169 Å². The van der Waals surface area contributed by atoms with Crippen LogP contribution in [0.15, 0.2) is 34.9 Å². The second-order valence-corrected chi connectivity index (χ2v) is 7.67. The minimum absolute atomic E-state index is 0.208. The summed E-state index contributed by atoms with van der Waals surface area (Å²) in [4.78, 5) is 18.9. The van der Waals surface area contributed by atoms with Gasteiger partial charge in [0, 0.05) is 55.9 Å². The molecule has 0 saturated carbocycles. The summed E-state index contributed by atoms with van der Waals surface area (Å²) in [7, 11) is 0. The van der Waals surface area contributed by atoms with Gasteiger partial charge < -0.3 is 14.2 Å². The number of amides is 1. The molecule has 7 nitrogen and oxygen atoms in total. The van der Waals surface area contributed by atoms with Crippen molar-refractivity contribution in [2.24, 2.45) is 0 Å². The summed E-state index contributed by atoms with van der Waals surface area (Å²) in [5, 5.41) is 4.88. The van der Waals surface area contributed by atoms with Crippen LogP contribution in [0.3, 0.4) is 0 Å². The summed E-state index contributed by atoms with van der Waals surface area (Å²) in [5.41, 5.74) is 1.81. The van der Waals surface area contributed by atoms with Crippen LogP contribution in [0.1, 0.15) is 5.76 Å². The molecule has 2 aliphatic heterocycles. The Hall–Kier alpha value is -1.93. The van der Waals surface area contributed by atoms with E-state index in [1.807, 2.05) is 35.2 Å². The van der Waals surface area contributed by atoms with E-state index in [9.17, 15) is 4.79 Å². The number of morpholine rings is 1. The molecule has 2 aliphatic rings. The minimum Gasteiger partial charge on any atom is -0.378 e. The number of rotatable bonds is 5. The molecule has 2 fully saturated rings.